The number of hydrogen-bond donors (Lipinski definition) is 1. The van der Waals surface area contributed by atoms with Crippen molar-refractivity contribution in [3.63, 3.8) is 0 Å². The summed E-state index contributed by atoms with van der Waals surface area (Å²) in [4.78, 5) is 24.9. The summed E-state index contributed by atoms with van der Waals surface area (Å²) < 4.78 is 5.33. The fourth-order valence-electron chi connectivity index (χ4n) is 2.09. The highest BCUT2D eigenvalue weighted by atomic mass is 16.5. The number of rotatable bonds is 4. The van der Waals surface area contributed by atoms with Crippen molar-refractivity contribution in [2.24, 2.45) is 5.10 Å². The molecule has 1 heterocycles. The Balaban J connectivity index is 1.83. The number of nitrogens with one attached hydrogen (secondary N) is 1. The van der Waals surface area contributed by atoms with Crippen molar-refractivity contribution in [2.45, 2.75) is 19.8 Å². The number of carbonyl (C=O) groups is 2. The van der Waals surface area contributed by atoms with Crippen LogP contribution in [0.5, 0.6) is 5.75 Å². The second kappa shape index (κ2) is 7.42. The number of hydrogen-bond acceptors (Lipinski definition) is 4. The summed E-state index contributed by atoms with van der Waals surface area (Å²) in [6.45, 7) is 3.83. The SMILES string of the molecule is CCOc1ccc(/C=N/NC(=O)C(=O)N2CCCC2)cc1. The predicted octanol–water partition coefficient (Wildman–Crippen LogP) is 1.16. The minimum Gasteiger partial charge on any atom is -0.494 e. The van der Waals surface area contributed by atoms with Crippen LogP contribution in [0.25, 0.3) is 0 Å². The minimum atomic E-state index is -0.695. The van der Waals surface area contributed by atoms with Crippen LogP contribution < -0.4 is 10.2 Å². The zero-order chi connectivity index (χ0) is 15.1. The Morgan fingerprint density at radius 1 is 1.29 bits per heavy atom. The lowest BCUT2D eigenvalue weighted by molar-refractivity contribution is -0.145. The van der Waals surface area contributed by atoms with E-state index in [1.807, 2.05) is 31.2 Å². The number of hydrazone groups is 1. The van der Waals surface area contributed by atoms with Crippen LogP contribution in [0.1, 0.15) is 25.3 Å². The number of likely N-dealkylation sites (tertiary alicyclic amines) is 1. The standard InChI is InChI=1S/C15H19N3O3/c1-2-21-13-7-5-12(6-8-13)11-16-17-14(19)15(20)18-9-3-4-10-18/h5-8,11H,2-4,9-10H2,1H3,(H,17,19)/b16-11+. The van der Waals surface area contributed by atoms with Gasteiger partial charge in [-0.15, -0.1) is 0 Å². The van der Waals surface area contributed by atoms with Gasteiger partial charge in [-0.2, -0.15) is 5.10 Å². The molecule has 0 bridgehead atoms. The normalized spacial score (nSPS) is 14.4. The van der Waals surface area contributed by atoms with Gasteiger partial charge in [-0.25, -0.2) is 5.43 Å². The first-order valence-electron chi connectivity index (χ1n) is 7.06. The number of nitrogens with zero attached hydrogens (tertiary/aromatic N) is 2. The fraction of sp³-hybridized carbons (Fsp3) is 0.400. The third-order valence-corrected chi connectivity index (χ3v) is 3.16. The van der Waals surface area contributed by atoms with Crippen LogP contribution >= 0.6 is 0 Å². The van der Waals surface area contributed by atoms with Crippen molar-refractivity contribution in [3.8, 4) is 5.75 Å². The molecule has 1 saturated heterocycles. The van der Waals surface area contributed by atoms with E-state index < -0.39 is 11.8 Å². The first-order valence-corrected chi connectivity index (χ1v) is 7.06. The van der Waals surface area contributed by atoms with Crippen molar-refractivity contribution >= 4 is 18.0 Å². The molecule has 0 aliphatic carbocycles. The Kier molecular flexibility index (Phi) is 5.31. The maximum atomic E-state index is 11.7. The Morgan fingerprint density at radius 2 is 1.95 bits per heavy atom. The first-order chi connectivity index (χ1) is 10.2. The summed E-state index contributed by atoms with van der Waals surface area (Å²) in [6, 6.07) is 7.29. The molecule has 6 heteroatoms. The van der Waals surface area contributed by atoms with Crippen LogP contribution in [0, 0.1) is 0 Å². The Hall–Kier alpha value is -2.37. The van der Waals surface area contributed by atoms with E-state index in [0.717, 1.165) is 24.2 Å². The average Bonchev–Trinajstić information content (AvgIpc) is 3.02. The average molecular weight is 289 g/mol. The van der Waals surface area contributed by atoms with Gasteiger partial charge in [0, 0.05) is 13.1 Å². The summed E-state index contributed by atoms with van der Waals surface area (Å²) >= 11 is 0. The molecule has 1 N–H and O–H groups in total. The third kappa shape index (κ3) is 4.30. The molecule has 112 valence electrons. The molecule has 2 amide bonds. The number of amides is 2. The van der Waals surface area contributed by atoms with Gasteiger partial charge in [-0.1, -0.05) is 0 Å². The lowest BCUT2D eigenvalue weighted by Crippen LogP contribution is -2.39. The number of carbonyl (C=O) groups excluding carboxylic acids is 2. The molecule has 21 heavy (non-hydrogen) atoms. The summed E-state index contributed by atoms with van der Waals surface area (Å²) in [5, 5.41) is 3.80. The summed E-state index contributed by atoms with van der Waals surface area (Å²) in [5.74, 6) is -0.432. The quantitative estimate of drug-likeness (QED) is 0.513. The second-order valence-electron chi connectivity index (χ2n) is 4.70. The van der Waals surface area contributed by atoms with Gasteiger partial charge in [0.2, 0.25) is 0 Å². The van der Waals surface area contributed by atoms with Gasteiger partial charge in [0.1, 0.15) is 5.75 Å². The van der Waals surface area contributed by atoms with Crippen molar-refractivity contribution in [1.29, 1.82) is 0 Å². The van der Waals surface area contributed by atoms with Gasteiger partial charge in [-0.05, 0) is 49.6 Å². The largest absolute Gasteiger partial charge is 0.494 e. The Labute approximate surface area is 123 Å². The van der Waals surface area contributed by atoms with E-state index in [1.165, 1.54) is 6.21 Å². The van der Waals surface area contributed by atoms with Gasteiger partial charge in [0.25, 0.3) is 0 Å². The molecule has 0 radical (unpaired) electrons. The molecule has 1 aromatic rings. The van der Waals surface area contributed by atoms with Gasteiger partial charge in [0.15, 0.2) is 0 Å². The van der Waals surface area contributed by atoms with Gasteiger partial charge >= 0.3 is 11.8 Å². The fourth-order valence-corrected chi connectivity index (χ4v) is 2.09. The molecule has 0 saturated carbocycles. The lowest BCUT2D eigenvalue weighted by atomic mass is 10.2. The second-order valence-corrected chi connectivity index (χ2v) is 4.70. The Morgan fingerprint density at radius 3 is 2.57 bits per heavy atom. The van der Waals surface area contributed by atoms with E-state index in [1.54, 1.807) is 4.90 Å². The summed E-state index contributed by atoms with van der Waals surface area (Å²) in [6.07, 6.45) is 3.40. The third-order valence-electron chi connectivity index (χ3n) is 3.16. The maximum absolute atomic E-state index is 11.7. The maximum Gasteiger partial charge on any atom is 0.329 e. The van der Waals surface area contributed by atoms with E-state index in [0.29, 0.717) is 19.7 Å². The van der Waals surface area contributed by atoms with E-state index >= 15 is 0 Å². The molecule has 1 aromatic carbocycles. The molecule has 1 fully saturated rings. The molecular weight excluding hydrogens is 270 g/mol. The van der Waals surface area contributed by atoms with Crippen molar-refractivity contribution in [1.82, 2.24) is 10.3 Å². The molecule has 1 aliphatic rings. The zero-order valence-corrected chi connectivity index (χ0v) is 12.0. The van der Waals surface area contributed by atoms with Crippen LogP contribution in [0.15, 0.2) is 29.4 Å². The number of ether oxygens (including phenoxy) is 1. The zero-order valence-electron chi connectivity index (χ0n) is 12.0. The number of benzene rings is 1. The van der Waals surface area contributed by atoms with E-state index in [9.17, 15) is 9.59 Å². The van der Waals surface area contributed by atoms with Crippen LogP contribution in [0.2, 0.25) is 0 Å². The topological polar surface area (TPSA) is 71.0 Å². The highest BCUT2D eigenvalue weighted by Crippen LogP contribution is 2.10. The van der Waals surface area contributed by atoms with Crippen LogP contribution in [0.4, 0.5) is 0 Å². The molecule has 1 aliphatic heterocycles. The van der Waals surface area contributed by atoms with Crippen molar-refractivity contribution < 1.29 is 14.3 Å². The van der Waals surface area contributed by atoms with Gasteiger partial charge in [0.05, 0.1) is 12.8 Å². The van der Waals surface area contributed by atoms with Crippen LogP contribution in [-0.4, -0.2) is 42.6 Å². The van der Waals surface area contributed by atoms with E-state index in [4.69, 9.17) is 4.74 Å². The van der Waals surface area contributed by atoms with Crippen LogP contribution in [-0.2, 0) is 9.59 Å². The smallest absolute Gasteiger partial charge is 0.329 e. The van der Waals surface area contributed by atoms with E-state index in [2.05, 4.69) is 10.5 Å². The van der Waals surface area contributed by atoms with Crippen LogP contribution in [0.3, 0.4) is 0 Å². The molecule has 0 aromatic heterocycles. The molecule has 0 unspecified atom stereocenters. The van der Waals surface area contributed by atoms with Gasteiger partial charge < -0.3 is 9.64 Å². The summed E-state index contributed by atoms with van der Waals surface area (Å²) in [5.41, 5.74) is 3.07. The van der Waals surface area contributed by atoms with Crippen molar-refractivity contribution in [3.05, 3.63) is 29.8 Å². The molecule has 6 nitrogen and oxygen atoms in total. The molecular formula is C15H19N3O3. The molecule has 2 rings (SSSR count). The van der Waals surface area contributed by atoms with Gasteiger partial charge in [-0.3, -0.25) is 9.59 Å². The van der Waals surface area contributed by atoms with E-state index in [-0.39, 0.29) is 0 Å². The highest BCUT2D eigenvalue weighted by Gasteiger charge is 2.23. The minimum absolute atomic E-state index is 0.517. The molecule has 0 spiro atoms. The Bertz CT molecular complexity index is 519. The molecule has 0 atom stereocenters. The lowest BCUT2D eigenvalue weighted by Gasteiger charge is -2.12. The highest BCUT2D eigenvalue weighted by molar-refractivity contribution is 6.35. The predicted molar refractivity (Wildman–Crippen MR) is 79.2 cm³/mol. The first kappa shape index (κ1) is 15.0. The summed E-state index contributed by atoms with van der Waals surface area (Å²) in [7, 11) is 0. The van der Waals surface area contributed by atoms with Crippen molar-refractivity contribution in [2.75, 3.05) is 19.7 Å². The monoisotopic (exact) mass is 289 g/mol.